The van der Waals surface area contributed by atoms with Crippen LogP contribution in [0.2, 0.25) is 0 Å². The molecule has 0 unspecified atom stereocenters. The fourth-order valence-electron chi connectivity index (χ4n) is 4.24. The van der Waals surface area contributed by atoms with Crippen LogP contribution >= 0.6 is 0 Å². The summed E-state index contributed by atoms with van der Waals surface area (Å²) in [5.41, 5.74) is 3.58. The van der Waals surface area contributed by atoms with Crippen molar-refractivity contribution >= 4 is 56.5 Å². The van der Waals surface area contributed by atoms with Gasteiger partial charge in [0.05, 0.1) is 11.2 Å². The molecular weight excluding hydrogens is 363 g/mol. The zero-order chi connectivity index (χ0) is 20.0. The highest BCUT2D eigenvalue weighted by atomic mass is 16.7. The van der Waals surface area contributed by atoms with E-state index in [1.807, 2.05) is 30.3 Å². The Morgan fingerprint density at radius 2 is 1.24 bits per heavy atom. The molecule has 1 fully saturated rings. The number of furan rings is 2. The van der Waals surface area contributed by atoms with Crippen molar-refractivity contribution in [3.63, 3.8) is 0 Å². The van der Waals surface area contributed by atoms with Gasteiger partial charge in [0.2, 0.25) is 0 Å². The molecule has 0 bridgehead atoms. The van der Waals surface area contributed by atoms with Gasteiger partial charge in [-0.05, 0) is 57.4 Å². The van der Waals surface area contributed by atoms with Crippen LogP contribution < -0.4 is 5.46 Å². The second-order valence-electron chi connectivity index (χ2n) is 8.85. The first kappa shape index (κ1) is 17.1. The second kappa shape index (κ2) is 5.44. The maximum Gasteiger partial charge on any atom is 0.495 e. The quantitative estimate of drug-likeness (QED) is 0.344. The summed E-state index contributed by atoms with van der Waals surface area (Å²) in [6.07, 6.45) is 0. The average Bonchev–Trinajstić information content (AvgIpc) is 3.28. The fourth-order valence-corrected chi connectivity index (χ4v) is 4.24. The van der Waals surface area contributed by atoms with Crippen molar-refractivity contribution in [2.24, 2.45) is 0 Å². The van der Waals surface area contributed by atoms with Crippen LogP contribution in [-0.2, 0) is 9.31 Å². The van der Waals surface area contributed by atoms with Crippen molar-refractivity contribution < 1.29 is 18.1 Å². The summed E-state index contributed by atoms with van der Waals surface area (Å²) in [6.45, 7) is 8.27. The van der Waals surface area contributed by atoms with Gasteiger partial charge < -0.3 is 18.1 Å². The maximum atomic E-state index is 6.32. The SMILES string of the molecule is CC1(C)OB(c2cccc3oc4cc5c(cc4c23)oc2ccccc25)OC1(C)C. The summed E-state index contributed by atoms with van der Waals surface area (Å²) >= 11 is 0. The lowest BCUT2D eigenvalue weighted by Gasteiger charge is -2.32. The molecule has 2 aromatic heterocycles. The van der Waals surface area contributed by atoms with Gasteiger partial charge in [0.1, 0.15) is 22.3 Å². The zero-order valence-electron chi connectivity index (χ0n) is 16.9. The molecule has 0 spiro atoms. The van der Waals surface area contributed by atoms with E-state index in [1.165, 1.54) is 0 Å². The smallest absolute Gasteiger partial charge is 0.456 e. The molecule has 6 rings (SSSR count). The Labute approximate surface area is 168 Å². The van der Waals surface area contributed by atoms with E-state index in [0.29, 0.717) is 0 Å². The minimum Gasteiger partial charge on any atom is -0.456 e. The summed E-state index contributed by atoms with van der Waals surface area (Å²) in [4.78, 5) is 0. The van der Waals surface area contributed by atoms with Crippen LogP contribution in [0, 0.1) is 0 Å². The summed E-state index contributed by atoms with van der Waals surface area (Å²) in [7, 11) is -0.448. The van der Waals surface area contributed by atoms with Gasteiger partial charge in [-0.2, -0.15) is 0 Å². The third-order valence-electron chi connectivity index (χ3n) is 6.53. The minimum atomic E-state index is -0.448. The molecule has 5 heteroatoms. The van der Waals surface area contributed by atoms with Crippen molar-refractivity contribution in [3.8, 4) is 0 Å². The van der Waals surface area contributed by atoms with Crippen molar-refractivity contribution in [2.45, 2.75) is 38.9 Å². The van der Waals surface area contributed by atoms with Gasteiger partial charge >= 0.3 is 7.12 Å². The lowest BCUT2D eigenvalue weighted by atomic mass is 9.76. The van der Waals surface area contributed by atoms with Crippen LogP contribution in [0.15, 0.2) is 63.4 Å². The topological polar surface area (TPSA) is 44.7 Å². The normalized spacial score (nSPS) is 18.6. The lowest BCUT2D eigenvalue weighted by Crippen LogP contribution is -2.41. The summed E-state index contributed by atoms with van der Waals surface area (Å²) in [6, 6.07) is 18.3. The largest absolute Gasteiger partial charge is 0.495 e. The minimum absolute atomic E-state index is 0.397. The van der Waals surface area contributed by atoms with Crippen LogP contribution in [0.25, 0.3) is 43.9 Å². The molecule has 0 atom stereocenters. The molecule has 0 saturated carbocycles. The summed E-state index contributed by atoms with van der Waals surface area (Å²) < 4.78 is 25.0. The van der Waals surface area contributed by atoms with Gasteiger partial charge in [-0.1, -0.05) is 30.3 Å². The molecule has 1 aliphatic rings. The van der Waals surface area contributed by atoms with Crippen LogP contribution in [0.4, 0.5) is 0 Å². The predicted molar refractivity (Wildman–Crippen MR) is 117 cm³/mol. The number of hydrogen-bond donors (Lipinski definition) is 0. The van der Waals surface area contributed by atoms with E-state index in [4.69, 9.17) is 18.1 Å². The molecule has 29 heavy (non-hydrogen) atoms. The molecular formula is C24H21BO4. The van der Waals surface area contributed by atoms with Gasteiger partial charge in [-0.3, -0.25) is 0 Å². The van der Waals surface area contributed by atoms with Crippen molar-refractivity contribution in [1.29, 1.82) is 0 Å². The van der Waals surface area contributed by atoms with Crippen molar-refractivity contribution in [1.82, 2.24) is 0 Å². The Morgan fingerprint density at radius 3 is 2.03 bits per heavy atom. The first-order chi connectivity index (χ1) is 13.8. The number of fused-ring (bicyclic) bond motifs is 6. The first-order valence-corrected chi connectivity index (χ1v) is 9.96. The first-order valence-electron chi connectivity index (χ1n) is 9.96. The van der Waals surface area contributed by atoms with Gasteiger partial charge in [-0.15, -0.1) is 0 Å². The zero-order valence-corrected chi connectivity index (χ0v) is 16.9. The van der Waals surface area contributed by atoms with Gasteiger partial charge in [0, 0.05) is 21.5 Å². The Bertz CT molecular complexity index is 1410. The molecule has 0 N–H and O–H groups in total. The number of benzene rings is 3. The Balaban J connectivity index is 1.63. The Kier molecular flexibility index (Phi) is 3.21. The van der Waals surface area contributed by atoms with E-state index >= 15 is 0 Å². The van der Waals surface area contributed by atoms with E-state index in [1.54, 1.807) is 0 Å². The van der Waals surface area contributed by atoms with Crippen molar-refractivity contribution in [3.05, 3.63) is 54.6 Å². The third-order valence-corrected chi connectivity index (χ3v) is 6.53. The van der Waals surface area contributed by atoms with E-state index < -0.39 is 18.3 Å². The van der Waals surface area contributed by atoms with Gasteiger partial charge in [0.25, 0.3) is 0 Å². The number of para-hydroxylation sites is 1. The Morgan fingerprint density at radius 1 is 0.621 bits per heavy atom. The average molecular weight is 384 g/mol. The van der Waals surface area contributed by atoms with Crippen LogP contribution in [0.3, 0.4) is 0 Å². The number of hydrogen-bond acceptors (Lipinski definition) is 4. The standard InChI is InChI=1S/C24H21BO4/c1-23(2)24(3,4)29-25(28-23)17-9-7-11-19-22(17)16-13-20-15(12-21(16)27-19)14-8-5-6-10-18(14)26-20/h5-13H,1-4H3. The lowest BCUT2D eigenvalue weighted by molar-refractivity contribution is 0.00578. The highest BCUT2D eigenvalue weighted by Crippen LogP contribution is 2.39. The third kappa shape index (κ3) is 2.29. The van der Waals surface area contributed by atoms with E-state index in [-0.39, 0.29) is 0 Å². The molecule has 4 nitrogen and oxygen atoms in total. The van der Waals surface area contributed by atoms with Crippen LogP contribution in [0.1, 0.15) is 27.7 Å². The van der Waals surface area contributed by atoms with Crippen molar-refractivity contribution in [2.75, 3.05) is 0 Å². The fraction of sp³-hybridized carbons (Fsp3) is 0.250. The molecule has 0 amide bonds. The highest BCUT2D eigenvalue weighted by Gasteiger charge is 2.52. The molecule has 144 valence electrons. The number of rotatable bonds is 1. The summed E-state index contributed by atoms with van der Waals surface area (Å²) in [5, 5.41) is 4.18. The maximum absolute atomic E-state index is 6.32. The highest BCUT2D eigenvalue weighted by molar-refractivity contribution is 6.66. The molecule has 3 heterocycles. The molecule has 0 radical (unpaired) electrons. The predicted octanol–water partition coefficient (Wildman–Crippen LogP) is 5.78. The molecule has 1 aliphatic heterocycles. The molecule has 3 aromatic carbocycles. The molecule has 5 aromatic rings. The second-order valence-corrected chi connectivity index (χ2v) is 8.85. The van der Waals surface area contributed by atoms with E-state index in [2.05, 4.69) is 52.0 Å². The molecule has 0 aliphatic carbocycles. The van der Waals surface area contributed by atoms with E-state index in [9.17, 15) is 0 Å². The monoisotopic (exact) mass is 384 g/mol. The Hall–Kier alpha value is -2.76. The van der Waals surface area contributed by atoms with E-state index in [0.717, 1.165) is 49.3 Å². The molecule has 1 saturated heterocycles. The van der Waals surface area contributed by atoms with Crippen LogP contribution in [-0.4, -0.2) is 18.3 Å². The van der Waals surface area contributed by atoms with Gasteiger partial charge in [0.15, 0.2) is 0 Å². The van der Waals surface area contributed by atoms with Crippen LogP contribution in [0.5, 0.6) is 0 Å². The van der Waals surface area contributed by atoms with Gasteiger partial charge in [-0.25, -0.2) is 0 Å². The summed E-state index contributed by atoms with van der Waals surface area (Å²) in [5.74, 6) is 0.